The first kappa shape index (κ1) is 32.6. The summed E-state index contributed by atoms with van der Waals surface area (Å²) in [5, 5.41) is 5.13. The first-order chi connectivity index (χ1) is 27.7. The van der Waals surface area contributed by atoms with E-state index >= 15 is 0 Å². The minimum absolute atomic E-state index is 0.653. The van der Waals surface area contributed by atoms with Gasteiger partial charge in [-0.05, 0) is 57.6 Å². The fourth-order valence-electron chi connectivity index (χ4n) is 7.79. The van der Waals surface area contributed by atoms with Crippen LogP contribution in [0.5, 0.6) is 0 Å². The summed E-state index contributed by atoms with van der Waals surface area (Å²) in [6.45, 7) is 0. The summed E-state index contributed by atoms with van der Waals surface area (Å²) in [5.74, 6) is 1.97. The molecule has 0 atom stereocenters. The molecule has 0 radical (unpaired) electrons. The highest BCUT2D eigenvalue weighted by Crippen LogP contribution is 2.46. The highest BCUT2D eigenvalue weighted by molar-refractivity contribution is 7.26. The predicted molar refractivity (Wildman–Crippen MR) is 238 cm³/mol. The Kier molecular flexibility index (Phi) is 7.87. The lowest BCUT2D eigenvalue weighted by Crippen LogP contribution is -2.00. The van der Waals surface area contributed by atoms with Gasteiger partial charge in [-0.3, -0.25) is 0 Å². The van der Waals surface area contributed by atoms with E-state index in [0.29, 0.717) is 17.5 Å². The number of benzene rings is 8. The van der Waals surface area contributed by atoms with Gasteiger partial charge < -0.3 is 0 Å². The van der Waals surface area contributed by atoms with Gasteiger partial charge in [0.25, 0.3) is 0 Å². The van der Waals surface area contributed by atoms with Gasteiger partial charge in [0.1, 0.15) is 0 Å². The van der Waals surface area contributed by atoms with Crippen LogP contribution in [0.1, 0.15) is 0 Å². The van der Waals surface area contributed by atoms with Crippen molar-refractivity contribution in [3.05, 3.63) is 188 Å². The van der Waals surface area contributed by atoms with Crippen LogP contribution in [-0.4, -0.2) is 15.0 Å². The van der Waals surface area contributed by atoms with Crippen LogP contribution in [-0.2, 0) is 0 Å². The third kappa shape index (κ3) is 5.68. The van der Waals surface area contributed by atoms with Gasteiger partial charge in [0.15, 0.2) is 17.5 Å². The van der Waals surface area contributed by atoms with Gasteiger partial charge in [0.05, 0.1) is 0 Å². The molecule has 3 nitrogen and oxygen atoms in total. The van der Waals surface area contributed by atoms with Crippen molar-refractivity contribution in [3.8, 4) is 67.5 Å². The van der Waals surface area contributed by atoms with E-state index in [1.807, 2.05) is 46.9 Å². The van der Waals surface area contributed by atoms with E-state index in [1.54, 1.807) is 0 Å². The lowest BCUT2D eigenvalue weighted by Gasteiger charge is -2.10. The van der Waals surface area contributed by atoms with Crippen molar-refractivity contribution in [3.63, 3.8) is 0 Å². The van der Waals surface area contributed by atoms with Gasteiger partial charge in [0, 0.05) is 57.0 Å². The van der Waals surface area contributed by atoms with Crippen molar-refractivity contribution in [2.24, 2.45) is 0 Å². The molecular formula is C51H31N3S2. The highest BCUT2D eigenvalue weighted by atomic mass is 32.1. The second-order valence-electron chi connectivity index (χ2n) is 14.0. The molecule has 3 aromatic heterocycles. The lowest BCUT2D eigenvalue weighted by molar-refractivity contribution is 1.07. The van der Waals surface area contributed by atoms with E-state index in [1.165, 1.54) is 68.2 Å². The fourth-order valence-corrected chi connectivity index (χ4v) is 10.2. The van der Waals surface area contributed by atoms with Crippen LogP contribution in [0.25, 0.3) is 108 Å². The Balaban J connectivity index is 1.01. The van der Waals surface area contributed by atoms with E-state index in [-0.39, 0.29) is 0 Å². The molecule has 262 valence electrons. The molecule has 0 amide bonds. The average molecular weight is 750 g/mol. The minimum Gasteiger partial charge on any atom is -0.208 e. The van der Waals surface area contributed by atoms with Crippen LogP contribution in [0.4, 0.5) is 0 Å². The Morgan fingerprint density at radius 3 is 1.54 bits per heavy atom. The normalized spacial score (nSPS) is 11.6. The molecule has 0 spiro atoms. The van der Waals surface area contributed by atoms with Crippen molar-refractivity contribution in [2.45, 2.75) is 0 Å². The van der Waals surface area contributed by atoms with E-state index < -0.39 is 0 Å². The zero-order valence-electron chi connectivity index (χ0n) is 30.1. The van der Waals surface area contributed by atoms with E-state index in [4.69, 9.17) is 15.0 Å². The Hall–Kier alpha value is -6.79. The standard InChI is InChI=1S/C51H31N3S2/c1-4-12-32(13-5-1)33-20-22-36(23-21-33)50-52-49(35-16-8-3-9-17-35)53-51(54-50)38-24-26-41-43-30-37(25-29-45(43)55-46(41)31-38)40-28-27-39(34-14-6-2-7-15-34)47-42-18-10-11-19-44(42)56-48(40)47/h1-31H. The van der Waals surface area contributed by atoms with E-state index in [0.717, 1.165) is 22.3 Å². The van der Waals surface area contributed by atoms with Gasteiger partial charge in [-0.25, -0.2) is 15.0 Å². The number of rotatable bonds is 6. The number of thiophene rings is 2. The van der Waals surface area contributed by atoms with Crippen molar-refractivity contribution in [1.82, 2.24) is 15.0 Å². The quantitative estimate of drug-likeness (QED) is 0.170. The molecule has 0 aliphatic carbocycles. The zero-order valence-corrected chi connectivity index (χ0v) is 31.7. The Bertz CT molecular complexity index is 3220. The molecule has 56 heavy (non-hydrogen) atoms. The first-order valence-electron chi connectivity index (χ1n) is 18.7. The summed E-state index contributed by atoms with van der Waals surface area (Å²) in [6, 6.07) is 66.8. The maximum absolute atomic E-state index is 5.08. The summed E-state index contributed by atoms with van der Waals surface area (Å²) in [5.41, 5.74) is 10.2. The molecule has 0 aliphatic heterocycles. The van der Waals surface area contributed by atoms with Gasteiger partial charge in [-0.1, -0.05) is 164 Å². The molecule has 8 aromatic carbocycles. The minimum atomic E-state index is 0.653. The van der Waals surface area contributed by atoms with Gasteiger partial charge in [0.2, 0.25) is 0 Å². The smallest absolute Gasteiger partial charge is 0.164 e. The largest absolute Gasteiger partial charge is 0.208 e. The Labute approximate surface area is 331 Å². The highest BCUT2D eigenvalue weighted by Gasteiger charge is 2.18. The lowest BCUT2D eigenvalue weighted by atomic mass is 9.94. The molecule has 0 fully saturated rings. The van der Waals surface area contributed by atoms with Crippen LogP contribution >= 0.6 is 22.7 Å². The van der Waals surface area contributed by atoms with Gasteiger partial charge in [-0.15, -0.1) is 22.7 Å². The summed E-state index contributed by atoms with van der Waals surface area (Å²) >= 11 is 3.70. The molecule has 5 heteroatoms. The van der Waals surface area contributed by atoms with Crippen molar-refractivity contribution >= 4 is 63.0 Å². The van der Waals surface area contributed by atoms with E-state index in [9.17, 15) is 0 Å². The van der Waals surface area contributed by atoms with Crippen LogP contribution in [0, 0.1) is 0 Å². The number of hydrogen-bond acceptors (Lipinski definition) is 5. The van der Waals surface area contributed by atoms with Crippen LogP contribution < -0.4 is 0 Å². The predicted octanol–water partition coefficient (Wildman–Crippen LogP) is 14.6. The maximum atomic E-state index is 5.08. The molecule has 0 saturated heterocycles. The second kappa shape index (κ2) is 13.5. The number of aromatic nitrogens is 3. The second-order valence-corrected chi connectivity index (χ2v) is 16.1. The molecule has 3 heterocycles. The summed E-state index contributed by atoms with van der Waals surface area (Å²) in [6.07, 6.45) is 0. The molecule has 0 aliphatic rings. The van der Waals surface area contributed by atoms with Crippen molar-refractivity contribution < 1.29 is 0 Å². The monoisotopic (exact) mass is 749 g/mol. The number of fused-ring (bicyclic) bond motifs is 6. The van der Waals surface area contributed by atoms with Crippen LogP contribution in [0.2, 0.25) is 0 Å². The summed E-state index contributed by atoms with van der Waals surface area (Å²) < 4.78 is 5.09. The van der Waals surface area contributed by atoms with Gasteiger partial charge >= 0.3 is 0 Å². The SMILES string of the molecule is c1ccc(-c2ccc(-c3nc(-c4ccccc4)nc(-c4ccc5c(c4)sc4ccc(-c6ccc(-c7ccccc7)c7c6sc6ccccc67)cc45)n3)cc2)cc1. The number of hydrogen-bond donors (Lipinski definition) is 0. The maximum Gasteiger partial charge on any atom is 0.164 e. The first-order valence-corrected chi connectivity index (χ1v) is 20.3. The summed E-state index contributed by atoms with van der Waals surface area (Å²) in [7, 11) is 0. The third-order valence-corrected chi connectivity index (χ3v) is 12.9. The molecule has 11 rings (SSSR count). The van der Waals surface area contributed by atoms with Crippen LogP contribution in [0.3, 0.4) is 0 Å². The van der Waals surface area contributed by atoms with E-state index in [2.05, 4.69) is 164 Å². The van der Waals surface area contributed by atoms with Crippen molar-refractivity contribution in [2.75, 3.05) is 0 Å². The molecule has 0 unspecified atom stereocenters. The zero-order chi connectivity index (χ0) is 37.0. The molecule has 0 N–H and O–H groups in total. The van der Waals surface area contributed by atoms with Crippen LogP contribution in [0.15, 0.2) is 188 Å². The Morgan fingerprint density at radius 1 is 0.286 bits per heavy atom. The van der Waals surface area contributed by atoms with Crippen molar-refractivity contribution in [1.29, 1.82) is 0 Å². The Morgan fingerprint density at radius 2 is 0.804 bits per heavy atom. The molecule has 0 bridgehead atoms. The molecule has 11 aromatic rings. The molecular weight excluding hydrogens is 719 g/mol. The summed E-state index contributed by atoms with van der Waals surface area (Å²) in [4.78, 5) is 15.1. The number of nitrogens with zero attached hydrogens (tertiary/aromatic N) is 3. The van der Waals surface area contributed by atoms with Gasteiger partial charge in [-0.2, -0.15) is 0 Å². The third-order valence-electron chi connectivity index (χ3n) is 10.6. The topological polar surface area (TPSA) is 38.7 Å². The molecule has 0 saturated carbocycles. The fraction of sp³-hybridized carbons (Fsp3) is 0. The average Bonchev–Trinajstić information content (AvgIpc) is 3.85.